The highest BCUT2D eigenvalue weighted by Crippen LogP contribution is 2.41. The van der Waals surface area contributed by atoms with Gasteiger partial charge in [0.15, 0.2) is 0 Å². The maximum atomic E-state index is 13.3. The van der Waals surface area contributed by atoms with E-state index in [1.54, 1.807) is 78.9 Å². The Morgan fingerprint density at radius 2 is 1.68 bits per heavy atom. The van der Waals surface area contributed by atoms with E-state index in [0.29, 0.717) is 54.0 Å². The van der Waals surface area contributed by atoms with Crippen molar-refractivity contribution < 1.29 is 19.1 Å². The first-order valence-corrected chi connectivity index (χ1v) is 13.0. The zero-order valence-electron chi connectivity index (χ0n) is 20.9. The van der Waals surface area contributed by atoms with E-state index in [-0.39, 0.29) is 11.4 Å². The number of nitrogens with one attached hydrogen (secondary N) is 2. The van der Waals surface area contributed by atoms with Crippen molar-refractivity contribution in [2.75, 3.05) is 7.11 Å². The van der Waals surface area contributed by atoms with Crippen molar-refractivity contribution in [3.8, 4) is 22.6 Å². The van der Waals surface area contributed by atoms with Crippen molar-refractivity contribution in [3.05, 3.63) is 117 Å². The Kier molecular flexibility index (Phi) is 8.07. The van der Waals surface area contributed by atoms with Crippen LogP contribution < -0.4 is 14.9 Å². The van der Waals surface area contributed by atoms with E-state index in [1.807, 2.05) is 6.07 Å². The van der Waals surface area contributed by atoms with Gasteiger partial charge in [-0.3, -0.25) is 4.79 Å². The summed E-state index contributed by atoms with van der Waals surface area (Å²) >= 11 is 19.2. The monoisotopic (exact) mass is 591 g/mol. The fraction of sp³-hybridized carbons (Fsp3) is 0.0333. The van der Waals surface area contributed by atoms with Crippen LogP contribution in [0.15, 0.2) is 90.0 Å². The van der Waals surface area contributed by atoms with Crippen LogP contribution >= 0.6 is 34.8 Å². The Hall–Kier alpha value is -4.30. The standard InChI is InChI=1S/C30H20Cl3N3O4/c1-39-20-9-6-8-17(13-20)30(38)40-25-12-5-2-7-18(25)16-34-36-29(37)28-26(21-10-3-4-11-22(21)32)27-23(33)14-19(31)15-24(27)35-28/h2-16,35H,1H3,(H,36,37). The Labute approximate surface area is 244 Å². The third-order valence-electron chi connectivity index (χ3n) is 5.98. The zero-order chi connectivity index (χ0) is 28.2. The lowest BCUT2D eigenvalue weighted by atomic mass is 10.0. The third kappa shape index (κ3) is 5.67. The molecule has 0 unspecified atom stereocenters. The summed E-state index contributed by atoms with van der Waals surface area (Å²) in [5, 5.41) is 5.92. The number of para-hydroxylation sites is 1. The lowest BCUT2D eigenvalue weighted by molar-refractivity contribution is 0.0733. The van der Waals surface area contributed by atoms with E-state index < -0.39 is 11.9 Å². The topological polar surface area (TPSA) is 92.8 Å². The SMILES string of the molecule is COc1cccc(C(=O)Oc2ccccc2C=NNC(=O)c2[nH]c3cc(Cl)cc(Cl)c3c2-c2ccccc2Cl)c1. The average Bonchev–Trinajstić information content (AvgIpc) is 3.33. The number of esters is 1. The average molecular weight is 593 g/mol. The molecule has 0 spiro atoms. The molecule has 0 radical (unpaired) electrons. The van der Waals surface area contributed by atoms with Crippen LogP contribution in [0.25, 0.3) is 22.0 Å². The molecule has 0 aliphatic rings. The van der Waals surface area contributed by atoms with E-state index in [1.165, 1.54) is 13.3 Å². The number of hydrazone groups is 1. The first-order valence-electron chi connectivity index (χ1n) is 11.9. The van der Waals surface area contributed by atoms with Crippen molar-refractivity contribution in [1.82, 2.24) is 10.4 Å². The smallest absolute Gasteiger partial charge is 0.343 e. The van der Waals surface area contributed by atoms with E-state index in [4.69, 9.17) is 44.3 Å². The molecule has 1 amide bonds. The van der Waals surface area contributed by atoms with Crippen LogP contribution in [0.2, 0.25) is 15.1 Å². The van der Waals surface area contributed by atoms with Gasteiger partial charge in [-0.05, 0) is 48.5 Å². The molecule has 1 heterocycles. The molecular weight excluding hydrogens is 573 g/mol. The highest BCUT2D eigenvalue weighted by Gasteiger charge is 2.23. The first kappa shape index (κ1) is 27.3. The Morgan fingerprint density at radius 3 is 2.48 bits per heavy atom. The lowest BCUT2D eigenvalue weighted by Crippen LogP contribution is -2.19. The van der Waals surface area contributed by atoms with Crippen LogP contribution in [0.1, 0.15) is 26.4 Å². The highest BCUT2D eigenvalue weighted by atomic mass is 35.5. The van der Waals surface area contributed by atoms with Gasteiger partial charge in [0, 0.05) is 37.6 Å². The minimum absolute atomic E-state index is 0.196. The molecule has 10 heteroatoms. The number of hydrogen-bond donors (Lipinski definition) is 2. The minimum Gasteiger partial charge on any atom is -0.497 e. The molecule has 0 fully saturated rings. The van der Waals surface area contributed by atoms with Crippen LogP contribution in [0.5, 0.6) is 11.5 Å². The number of carbonyl (C=O) groups is 2. The molecule has 5 aromatic rings. The second-order valence-electron chi connectivity index (χ2n) is 8.52. The quantitative estimate of drug-likeness (QED) is 0.0873. The second-order valence-corrected chi connectivity index (χ2v) is 9.77. The molecule has 0 aliphatic carbocycles. The van der Waals surface area contributed by atoms with Gasteiger partial charge in [-0.25, -0.2) is 10.2 Å². The summed E-state index contributed by atoms with van der Waals surface area (Å²) < 4.78 is 10.8. The van der Waals surface area contributed by atoms with Crippen LogP contribution in [0.4, 0.5) is 0 Å². The fourth-order valence-corrected chi connectivity index (χ4v) is 4.98. The van der Waals surface area contributed by atoms with Gasteiger partial charge in [-0.1, -0.05) is 71.2 Å². The van der Waals surface area contributed by atoms with Crippen LogP contribution in [0.3, 0.4) is 0 Å². The molecule has 0 bridgehead atoms. The zero-order valence-corrected chi connectivity index (χ0v) is 23.1. The number of aromatic nitrogens is 1. The maximum absolute atomic E-state index is 13.3. The van der Waals surface area contributed by atoms with Gasteiger partial charge in [0.1, 0.15) is 17.2 Å². The van der Waals surface area contributed by atoms with Gasteiger partial charge in [-0.15, -0.1) is 0 Å². The Morgan fingerprint density at radius 1 is 0.900 bits per heavy atom. The number of amides is 1. The first-order chi connectivity index (χ1) is 19.4. The summed E-state index contributed by atoms with van der Waals surface area (Å²) in [5.74, 6) is -0.317. The number of halogens is 3. The van der Waals surface area contributed by atoms with Crippen LogP contribution in [0, 0.1) is 0 Å². The van der Waals surface area contributed by atoms with E-state index in [2.05, 4.69) is 15.5 Å². The van der Waals surface area contributed by atoms with E-state index in [0.717, 1.165) is 0 Å². The molecule has 5 rings (SSSR count). The molecule has 40 heavy (non-hydrogen) atoms. The molecule has 0 aliphatic heterocycles. The van der Waals surface area contributed by atoms with Gasteiger partial charge in [0.25, 0.3) is 5.91 Å². The van der Waals surface area contributed by atoms with Crippen molar-refractivity contribution in [1.29, 1.82) is 0 Å². The summed E-state index contributed by atoms with van der Waals surface area (Å²) in [4.78, 5) is 29.1. The number of H-pyrrole nitrogens is 1. The van der Waals surface area contributed by atoms with Gasteiger partial charge >= 0.3 is 5.97 Å². The van der Waals surface area contributed by atoms with Gasteiger partial charge < -0.3 is 14.5 Å². The van der Waals surface area contributed by atoms with Crippen LogP contribution in [-0.2, 0) is 0 Å². The summed E-state index contributed by atoms with van der Waals surface area (Å²) in [5.41, 5.74) is 5.21. The molecule has 0 saturated carbocycles. The molecule has 0 atom stereocenters. The van der Waals surface area contributed by atoms with E-state index in [9.17, 15) is 9.59 Å². The number of nitrogens with zero attached hydrogens (tertiary/aromatic N) is 1. The van der Waals surface area contributed by atoms with Crippen molar-refractivity contribution in [3.63, 3.8) is 0 Å². The summed E-state index contributed by atoms with van der Waals surface area (Å²) in [6.45, 7) is 0. The maximum Gasteiger partial charge on any atom is 0.343 e. The van der Waals surface area contributed by atoms with Crippen molar-refractivity contribution in [2.45, 2.75) is 0 Å². The van der Waals surface area contributed by atoms with Crippen molar-refractivity contribution in [2.24, 2.45) is 5.10 Å². The number of fused-ring (bicyclic) bond motifs is 1. The molecule has 4 aromatic carbocycles. The largest absolute Gasteiger partial charge is 0.497 e. The predicted octanol–water partition coefficient (Wildman–Crippen LogP) is 7.79. The van der Waals surface area contributed by atoms with Gasteiger partial charge in [0.2, 0.25) is 0 Å². The Bertz CT molecular complexity index is 1780. The fourth-order valence-electron chi connectivity index (χ4n) is 4.16. The number of carbonyl (C=O) groups excluding carboxylic acids is 2. The molecule has 7 nitrogen and oxygen atoms in total. The van der Waals surface area contributed by atoms with Gasteiger partial charge in [0.05, 0.1) is 23.9 Å². The lowest BCUT2D eigenvalue weighted by Gasteiger charge is -2.09. The highest BCUT2D eigenvalue weighted by molar-refractivity contribution is 6.41. The normalized spacial score (nSPS) is 11.1. The number of benzene rings is 4. The Balaban J connectivity index is 1.42. The summed E-state index contributed by atoms with van der Waals surface area (Å²) in [6.07, 6.45) is 1.38. The predicted molar refractivity (Wildman–Crippen MR) is 158 cm³/mol. The molecule has 1 aromatic heterocycles. The minimum atomic E-state index is -0.568. The van der Waals surface area contributed by atoms with Crippen molar-refractivity contribution >= 4 is 63.8 Å². The molecule has 200 valence electrons. The third-order valence-corrected chi connectivity index (χ3v) is 6.83. The summed E-state index contributed by atoms with van der Waals surface area (Å²) in [6, 6.07) is 23.8. The van der Waals surface area contributed by atoms with Gasteiger partial charge in [-0.2, -0.15) is 5.10 Å². The number of rotatable bonds is 7. The second kappa shape index (κ2) is 11.8. The number of hydrogen-bond acceptors (Lipinski definition) is 5. The molecule has 2 N–H and O–H groups in total. The summed E-state index contributed by atoms with van der Waals surface area (Å²) in [7, 11) is 1.52. The molecular formula is C30H20Cl3N3O4. The number of methoxy groups -OCH3 is 1. The van der Waals surface area contributed by atoms with Crippen LogP contribution in [-0.4, -0.2) is 30.2 Å². The number of ether oxygens (including phenoxy) is 2. The number of aromatic amines is 1. The molecule has 0 saturated heterocycles. The van der Waals surface area contributed by atoms with E-state index >= 15 is 0 Å².